The third-order valence-electron chi connectivity index (χ3n) is 7.80. The first-order valence-corrected chi connectivity index (χ1v) is 14.3. The lowest BCUT2D eigenvalue weighted by Gasteiger charge is -2.33. The summed E-state index contributed by atoms with van der Waals surface area (Å²) in [6, 6.07) is 8.10. The number of nitrogens with zero attached hydrogens (tertiary/aromatic N) is 3. The number of aromatic nitrogens is 2. The lowest BCUT2D eigenvalue weighted by Crippen LogP contribution is -2.41. The van der Waals surface area contributed by atoms with Crippen LogP contribution in [0.3, 0.4) is 0 Å². The number of nitrogens with one attached hydrogen (secondary N) is 2. The van der Waals surface area contributed by atoms with Crippen molar-refractivity contribution < 1.29 is 23.5 Å². The molecule has 2 aliphatic heterocycles. The third kappa shape index (κ3) is 6.77. The predicted octanol–water partition coefficient (Wildman–Crippen LogP) is 5.48. The molecule has 3 aromatic rings. The van der Waals surface area contributed by atoms with Gasteiger partial charge in [-0.3, -0.25) is 14.5 Å². The van der Waals surface area contributed by atoms with Crippen molar-refractivity contribution in [2.75, 3.05) is 36.9 Å². The molecule has 1 aromatic heterocycles. The number of amides is 1. The van der Waals surface area contributed by atoms with Gasteiger partial charge >= 0.3 is 5.97 Å². The minimum Gasteiger partial charge on any atom is -0.491 e. The van der Waals surface area contributed by atoms with Gasteiger partial charge in [0.05, 0.1) is 35.3 Å². The number of halogens is 2. The molecule has 0 radical (unpaired) electrons. The number of rotatable bonds is 9. The molecule has 3 aliphatic rings. The number of likely N-dealkylation sites (tertiary alicyclic amines) is 1. The van der Waals surface area contributed by atoms with E-state index in [1.165, 1.54) is 18.5 Å². The molecule has 1 aliphatic carbocycles. The molecule has 2 aromatic carbocycles. The van der Waals surface area contributed by atoms with E-state index >= 15 is 0 Å². The van der Waals surface area contributed by atoms with Gasteiger partial charge in [-0.2, -0.15) is 0 Å². The second kappa shape index (κ2) is 12.0. The van der Waals surface area contributed by atoms with E-state index in [0.717, 1.165) is 38.8 Å². The predicted molar refractivity (Wildman–Crippen MR) is 154 cm³/mol. The van der Waals surface area contributed by atoms with Gasteiger partial charge in [-0.15, -0.1) is 0 Å². The van der Waals surface area contributed by atoms with Gasteiger partial charge in [-0.1, -0.05) is 17.7 Å². The fourth-order valence-electron chi connectivity index (χ4n) is 5.21. The fraction of sp³-hybridized carbons (Fsp3) is 0.400. The van der Waals surface area contributed by atoms with E-state index < -0.39 is 5.82 Å². The minimum absolute atomic E-state index is 0.00260. The lowest BCUT2D eigenvalue weighted by molar-refractivity contribution is -0.137. The lowest BCUT2D eigenvalue weighted by atomic mass is 9.95. The van der Waals surface area contributed by atoms with Gasteiger partial charge in [0.1, 0.15) is 30.3 Å². The zero-order valence-electron chi connectivity index (χ0n) is 22.4. The molecule has 1 amide bonds. The number of benzene rings is 2. The molecular formula is C30H31ClFN5O4. The van der Waals surface area contributed by atoms with Gasteiger partial charge in [0, 0.05) is 17.1 Å². The van der Waals surface area contributed by atoms with Crippen LogP contribution < -0.4 is 15.4 Å². The summed E-state index contributed by atoms with van der Waals surface area (Å²) >= 11 is 5.96. The summed E-state index contributed by atoms with van der Waals surface area (Å²) in [6.45, 7) is 2.79. The topological polar surface area (TPSA) is 106 Å². The maximum absolute atomic E-state index is 13.7. The van der Waals surface area contributed by atoms with Crippen LogP contribution in [0, 0.1) is 17.7 Å². The summed E-state index contributed by atoms with van der Waals surface area (Å²) in [5.41, 5.74) is 1.72. The van der Waals surface area contributed by atoms with Gasteiger partial charge in [-0.25, -0.2) is 14.4 Å². The SMILES string of the molecule is O=C(/C=C/C1CCN(C2COC(=O)C2)CC1)Nc1cc2c(Nc3ccc(F)c(Cl)c3)ncnc2cc1OCC1CC1. The van der Waals surface area contributed by atoms with Gasteiger partial charge in [0.2, 0.25) is 5.91 Å². The zero-order chi connectivity index (χ0) is 28.3. The van der Waals surface area contributed by atoms with E-state index in [-0.39, 0.29) is 28.9 Å². The normalized spacial score (nSPS) is 20.0. The molecule has 2 N–H and O–H groups in total. The average Bonchev–Trinajstić information content (AvgIpc) is 3.71. The first-order chi connectivity index (χ1) is 19.9. The van der Waals surface area contributed by atoms with Crippen molar-refractivity contribution in [3.05, 3.63) is 59.7 Å². The van der Waals surface area contributed by atoms with Gasteiger partial charge < -0.3 is 20.1 Å². The molecule has 11 heteroatoms. The van der Waals surface area contributed by atoms with Crippen LogP contribution >= 0.6 is 11.6 Å². The largest absolute Gasteiger partial charge is 0.491 e. The first kappa shape index (κ1) is 27.4. The molecule has 41 heavy (non-hydrogen) atoms. The number of cyclic esters (lactones) is 1. The van der Waals surface area contributed by atoms with Crippen molar-refractivity contribution in [1.82, 2.24) is 14.9 Å². The molecule has 0 spiro atoms. The van der Waals surface area contributed by atoms with E-state index in [1.54, 1.807) is 24.3 Å². The van der Waals surface area contributed by atoms with Crippen molar-refractivity contribution in [2.45, 2.75) is 38.1 Å². The number of fused-ring (bicyclic) bond motifs is 1. The highest BCUT2D eigenvalue weighted by molar-refractivity contribution is 6.31. The Morgan fingerprint density at radius 1 is 1.17 bits per heavy atom. The van der Waals surface area contributed by atoms with Crippen LogP contribution in [0.4, 0.5) is 21.6 Å². The molecule has 214 valence electrons. The smallest absolute Gasteiger partial charge is 0.307 e. The number of ether oxygens (including phenoxy) is 2. The summed E-state index contributed by atoms with van der Waals surface area (Å²) < 4.78 is 24.9. The zero-order valence-corrected chi connectivity index (χ0v) is 23.2. The summed E-state index contributed by atoms with van der Waals surface area (Å²) in [7, 11) is 0. The Labute approximate surface area is 242 Å². The van der Waals surface area contributed by atoms with Crippen molar-refractivity contribution >= 4 is 51.6 Å². The van der Waals surface area contributed by atoms with Crippen LogP contribution in [0.1, 0.15) is 32.1 Å². The van der Waals surface area contributed by atoms with Gasteiger partial charge in [0.15, 0.2) is 0 Å². The van der Waals surface area contributed by atoms with E-state index in [9.17, 15) is 14.0 Å². The summed E-state index contributed by atoms with van der Waals surface area (Å²) in [6.07, 6.45) is 9.54. The van der Waals surface area contributed by atoms with Gasteiger partial charge in [0.25, 0.3) is 0 Å². The van der Waals surface area contributed by atoms with Crippen LogP contribution in [0.25, 0.3) is 10.9 Å². The molecule has 1 atom stereocenters. The maximum atomic E-state index is 13.7. The van der Waals surface area contributed by atoms with Crippen LogP contribution in [0.2, 0.25) is 5.02 Å². The summed E-state index contributed by atoms with van der Waals surface area (Å²) in [5.74, 6) is 0.946. The highest BCUT2D eigenvalue weighted by Gasteiger charge is 2.31. The number of hydrogen-bond acceptors (Lipinski definition) is 8. The molecular weight excluding hydrogens is 549 g/mol. The number of piperidine rings is 1. The highest BCUT2D eigenvalue weighted by Crippen LogP contribution is 2.36. The van der Waals surface area contributed by atoms with Crippen molar-refractivity contribution in [3.8, 4) is 5.75 Å². The second-order valence-corrected chi connectivity index (χ2v) is 11.3. The van der Waals surface area contributed by atoms with E-state index in [4.69, 9.17) is 21.1 Å². The number of carbonyl (C=O) groups excluding carboxylic acids is 2. The number of allylic oxidation sites excluding steroid dienone is 1. The Morgan fingerprint density at radius 3 is 2.73 bits per heavy atom. The number of esters is 1. The summed E-state index contributed by atoms with van der Waals surface area (Å²) in [5, 5.41) is 6.81. The third-order valence-corrected chi connectivity index (χ3v) is 8.09. The Kier molecular flexibility index (Phi) is 8.02. The molecule has 3 heterocycles. The molecule has 9 nitrogen and oxygen atoms in total. The highest BCUT2D eigenvalue weighted by atomic mass is 35.5. The van der Waals surface area contributed by atoms with Crippen molar-refractivity contribution in [3.63, 3.8) is 0 Å². The number of carbonyl (C=O) groups is 2. The van der Waals surface area contributed by atoms with Crippen LogP contribution in [-0.2, 0) is 14.3 Å². The van der Waals surface area contributed by atoms with E-state index in [1.807, 2.05) is 6.08 Å². The van der Waals surface area contributed by atoms with E-state index in [2.05, 4.69) is 25.5 Å². The minimum atomic E-state index is -0.509. The molecule has 6 rings (SSSR count). The van der Waals surface area contributed by atoms with Crippen molar-refractivity contribution in [2.24, 2.45) is 11.8 Å². The number of hydrogen-bond donors (Lipinski definition) is 2. The van der Waals surface area contributed by atoms with Crippen LogP contribution in [0.15, 0.2) is 48.8 Å². The summed E-state index contributed by atoms with van der Waals surface area (Å²) in [4.78, 5) is 35.6. The monoisotopic (exact) mass is 579 g/mol. The van der Waals surface area contributed by atoms with Crippen molar-refractivity contribution in [1.29, 1.82) is 0 Å². The Morgan fingerprint density at radius 2 is 2.00 bits per heavy atom. The Balaban J connectivity index is 1.17. The molecule has 1 saturated carbocycles. The maximum Gasteiger partial charge on any atom is 0.307 e. The second-order valence-electron chi connectivity index (χ2n) is 10.9. The molecule has 1 unspecified atom stereocenters. The molecule has 2 saturated heterocycles. The van der Waals surface area contributed by atoms with Gasteiger partial charge in [-0.05, 0) is 81.0 Å². The molecule has 0 bridgehead atoms. The first-order valence-electron chi connectivity index (χ1n) is 13.9. The Bertz CT molecular complexity index is 1490. The number of anilines is 3. The molecule has 3 fully saturated rings. The van der Waals surface area contributed by atoms with E-state index in [0.29, 0.717) is 59.4 Å². The van der Waals surface area contributed by atoms with Crippen LogP contribution in [-0.4, -0.2) is 59.1 Å². The standard InChI is InChI=1S/C30H31ClFN5O4/c31-23-11-20(4-5-24(23)32)35-30-22-13-26(27(40-15-19-1-2-19)14-25(22)33-17-34-30)36-28(38)6-3-18-7-9-37(10-8-18)21-12-29(39)41-16-21/h3-6,11,13-14,17-19,21H,1-2,7-10,12,15-16H2,(H,36,38)(H,33,34,35)/b6-3+. The Hall–Kier alpha value is -3.76. The average molecular weight is 580 g/mol. The van der Waals surface area contributed by atoms with Crippen LogP contribution in [0.5, 0.6) is 5.75 Å². The quantitative estimate of drug-likeness (QED) is 0.254. The fourth-order valence-corrected chi connectivity index (χ4v) is 5.39.